The molecule has 104 valence electrons. The van der Waals surface area contributed by atoms with E-state index in [2.05, 4.69) is 33.2 Å². The van der Waals surface area contributed by atoms with E-state index < -0.39 is 4.92 Å². The summed E-state index contributed by atoms with van der Waals surface area (Å²) in [5.74, 6) is 1.55. The summed E-state index contributed by atoms with van der Waals surface area (Å²) in [5, 5.41) is 14.2. The van der Waals surface area contributed by atoms with E-state index in [1.54, 1.807) is 6.92 Å². The number of aromatic nitrogens is 1. The van der Waals surface area contributed by atoms with Crippen molar-refractivity contribution in [3.05, 3.63) is 26.3 Å². The number of anilines is 1. The minimum absolute atomic E-state index is 0.0488. The highest BCUT2D eigenvalue weighted by Gasteiger charge is 2.26. The molecular formula is C13H18BrN3O2. The van der Waals surface area contributed by atoms with E-state index >= 15 is 0 Å². The van der Waals surface area contributed by atoms with Crippen molar-refractivity contribution in [3.63, 3.8) is 0 Å². The van der Waals surface area contributed by atoms with E-state index in [1.807, 2.05) is 0 Å². The summed E-state index contributed by atoms with van der Waals surface area (Å²) in [7, 11) is 0. The molecule has 1 aromatic rings. The first-order chi connectivity index (χ1) is 9.02. The molecule has 0 amide bonds. The molecule has 1 unspecified atom stereocenters. The number of hydrogen-bond acceptors (Lipinski definition) is 4. The van der Waals surface area contributed by atoms with Crippen molar-refractivity contribution in [3.8, 4) is 0 Å². The Morgan fingerprint density at radius 2 is 2.32 bits per heavy atom. The number of nitrogens with one attached hydrogen (secondary N) is 1. The normalized spacial score (nSPS) is 16.2. The number of rotatable bonds is 6. The lowest BCUT2D eigenvalue weighted by atomic mass is 10.1. The van der Waals surface area contributed by atoms with Gasteiger partial charge in [0, 0.05) is 11.6 Å². The van der Waals surface area contributed by atoms with Gasteiger partial charge in [-0.3, -0.25) is 10.1 Å². The lowest BCUT2D eigenvalue weighted by Crippen LogP contribution is -2.20. The first-order valence-corrected chi connectivity index (χ1v) is 7.38. The van der Waals surface area contributed by atoms with Gasteiger partial charge in [-0.15, -0.1) is 0 Å². The Balaban J connectivity index is 2.15. The number of halogens is 1. The molecule has 0 aromatic carbocycles. The summed E-state index contributed by atoms with van der Waals surface area (Å²) in [6.07, 6.45) is 6.16. The maximum Gasteiger partial charge on any atom is 0.291 e. The van der Waals surface area contributed by atoms with Gasteiger partial charge in [-0.25, -0.2) is 4.98 Å². The Morgan fingerprint density at radius 1 is 1.63 bits per heavy atom. The summed E-state index contributed by atoms with van der Waals surface area (Å²) < 4.78 is 0.691. The molecule has 19 heavy (non-hydrogen) atoms. The van der Waals surface area contributed by atoms with Crippen LogP contribution in [0.5, 0.6) is 0 Å². The maximum atomic E-state index is 10.8. The molecule has 1 N–H and O–H groups in total. The van der Waals surface area contributed by atoms with Crippen LogP contribution in [0.15, 0.2) is 10.7 Å². The summed E-state index contributed by atoms with van der Waals surface area (Å²) in [4.78, 5) is 14.6. The second-order valence-electron chi connectivity index (χ2n) is 5.12. The van der Waals surface area contributed by atoms with Crippen molar-refractivity contribution in [1.82, 2.24) is 4.98 Å². The van der Waals surface area contributed by atoms with Crippen LogP contribution in [0, 0.1) is 23.0 Å². The number of nitrogens with zero attached hydrogens (tertiary/aromatic N) is 2. The van der Waals surface area contributed by atoms with E-state index in [1.165, 1.54) is 19.0 Å². The van der Waals surface area contributed by atoms with Gasteiger partial charge in [-0.05, 0) is 41.6 Å². The van der Waals surface area contributed by atoms with E-state index in [9.17, 15) is 10.1 Å². The zero-order valence-electron chi connectivity index (χ0n) is 11.1. The zero-order valence-corrected chi connectivity index (χ0v) is 12.7. The molecule has 1 saturated carbocycles. The minimum Gasteiger partial charge on any atom is -0.366 e. The largest absolute Gasteiger partial charge is 0.366 e. The molecule has 0 aliphatic heterocycles. The molecule has 1 aliphatic rings. The molecular weight excluding hydrogens is 310 g/mol. The number of nitro groups is 1. The second kappa shape index (κ2) is 5.86. The van der Waals surface area contributed by atoms with Gasteiger partial charge in [0.1, 0.15) is 12.0 Å². The molecule has 5 nitrogen and oxygen atoms in total. The summed E-state index contributed by atoms with van der Waals surface area (Å²) in [5.41, 5.74) is 0.663. The average molecular weight is 328 g/mol. The predicted octanol–water partition coefficient (Wildman–Crippen LogP) is 4.05. The third-order valence-electron chi connectivity index (χ3n) is 3.58. The summed E-state index contributed by atoms with van der Waals surface area (Å²) >= 11 is 3.41. The van der Waals surface area contributed by atoms with Crippen LogP contribution in [-0.2, 0) is 0 Å². The van der Waals surface area contributed by atoms with E-state index in [0.29, 0.717) is 21.9 Å². The van der Waals surface area contributed by atoms with Crippen LogP contribution in [0.25, 0.3) is 0 Å². The van der Waals surface area contributed by atoms with Crippen LogP contribution < -0.4 is 5.32 Å². The SMILES string of the molecule is CCC(CC1CC1)Nc1ncc([N+](=O)[O-])c(C)c1Br. The molecule has 1 aliphatic carbocycles. The van der Waals surface area contributed by atoms with E-state index in [-0.39, 0.29) is 5.69 Å². The molecule has 0 radical (unpaired) electrons. The third-order valence-corrected chi connectivity index (χ3v) is 4.55. The highest BCUT2D eigenvalue weighted by molar-refractivity contribution is 9.10. The van der Waals surface area contributed by atoms with Crippen LogP contribution in [0.3, 0.4) is 0 Å². The van der Waals surface area contributed by atoms with Crippen molar-refractivity contribution in [2.75, 3.05) is 5.32 Å². The highest BCUT2D eigenvalue weighted by Crippen LogP contribution is 2.36. The third kappa shape index (κ3) is 3.43. The molecule has 6 heteroatoms. The van der Waals surface area contributed by atoms with Crippen LogP contribution in [0.2, 0.25) is 0 Å². The Labute approximate surface area is 121 Å². The molecule has 0 saturated heterocycles. The first kappa shape index (κ1) is 14.2. The lowest BCUT2D eigenvalue weighted by Gasteiger charge is -2.18. The van der Waals surface area contributed by atoms with E-state index in [0.717, 1.165) is 18.8 Å². The number of hydrogen-bond donors (Lipinski definition) is 1. The van der Waals surface area contributed by atoms with Gasteiger partial charge in [0.2, 0.25) is 0 Å². The minimum atomic E-state index is -0.404. The standard InChI is InChI=1S/C13H18BrN3O2/c1-3-10(6-9-4-5-9)16-13-12(14)8(2)11(7-15-13)17(18)19/h7,9-10H,3-6H2,1-2H3,(H,15,16). The molecule has 1 aromatic heterocycles. The molecule has 0 bridgehead atoms. The van der Waals surface area contributed by atoms with Crippen molar-refractivity contribution < 1.29 is 4.92 Å². The Hall–Kier alpha value is -1.17. The van der Waals surface area contributed by atoms with Gasteiger partial charge in [0.25, 0.3) is 5.69 Å². The topological polar surface area (TPSA) is 68.1 Å². The molecule has 1 heterocycles. The van der Waals surface area contributed by atoms with Crippen LogP contribution in [0.1, 0.15) is 38.2 Å². The van der Waals surface area contributed by atoms with Crippen molar-refractivity contribution in [1.29, 1.82) is 0 Å². The monoisotopic (exact) mass is 327 g/mol. The molecule has 1 atom stereocenters. The average Bonchev–Trinajstić information content (AvgIpc) is 3.17. The fourth-order valence-corrected chi connectivity index (χ4v) is 2.55. The van der Waals surface area contributed by atoms with Gasteiger partial charge in [-0.1, -0.05) is 19.8 Å². The number of pyridine rings is 1. The first-order valence-electron chi connectivity index (χ1n) is 6.59. The van der Waals surface area contributed by atoms with Gasteiger partial charge < -0.3 is 5.32 Å². The second-order valence-corrected chi connectivity index (χ2v) is 5.91. The Kier molecular flexibility index (Phi) is 4.39. The molecule has 2 rings (SSSR count). The van der Waals surface area contributed by atoms with Gasteiger partial charge in [-0.2, -0.15) is 0 Å². The molecule has 1 fully saturated rings. The van der Waals surface area contributed by atoms with Crippen LogP contribution in [0.4, 0.5) is 11.5 Å². The van der Waals surface area contributed by atoms with Crippen LogP contribution in [-0.4, -0.2) is 15.9 Å². The fraction of sp³-hybridized carbons (Fsp3) is 0.615. The predicted molar refractivity (Wildman–Crippen MR) is 78.4 cm³/mol. The quantitative estimate of drug-likeness (QED) is 0.632. The Morgan fingerprint density at radius 3 is 2.84 bits per heavy atom. The lowest BCUT2D eigenvalue weighted by molar-refractivity contribution is -0.385. The smallest absolute Gasteiger partial charge is 0.291 e. The van der Waals surface area contributed by atoms with Crippen LogP contribution >= 0.6 is 15.9 Å². The summed E-state index contributed by atoms with van der Waals surface area (Å²) in [6, 6.07) is 0.386. The summed E-state index contributed by atoms with van der Waals surface area (Å²) in [6.45, 7) is 3.88. The van der Waals surface area contributed by atoms with Crippen molar-refractivity contribution in [2.24, 2.45) is 5.92 Å². The highest BCUT2D eigenvalue weighted by atomic mass is 79.9. The maximum absolute atomic E-state index is 10.8. The fourth-order valence-electron chi connectivity index (χ4n) is 2.13. The van der Waals surface area contributed by atoms with Gasteiger partial charge in [0.05, 0.1) is 9.40 Å². The van der Waals surface area contributed by atoms with Gasteiger partial charge in [0.15, 0.2) is 0 Å². The zero-order chi connectivity index (χ0) is 14.0. The van der Waals surface area contributed by atoms with E-state index in [4.69, 9.17) is 0 Å². The molecule has 0 spiro atoms. The van der Waals surface area contributed by atoms with Crippen molar-refractivity contribution in [2.45, 2.75) is 45.6 Å². The Bertz CT molecular complexity index is 489. The van der Waals surface area contributed by atoms with Gasteiger partial charge >= 0.3 is 0 Å². The van der Waals surface area contributed by atoms with Crippen molar-refractivity contribution >= 4 is 27.4 Å².